The molecule has 4 N–H and O–H groups in total. The predicted octanol–water partition coefficient (Wildman–Crippen LogP) is 3.20. The summed E-state index contributed by atoms with van der Waals surface area (Å²) in [5.74, 6) is 0.816. The Morgan fingerprint density at radius 3 is 2.77 bits per heavy atom. The molecule has 0 atom stereocenters. The van der Waals surface area contributed by atoms with Crippen LogP contribution in [0.15, 0.2) is 61.3 Å². The highest BCUT2D eigenvalue weighted by atomic mass is 15.3. The molecule has 6 heterocycles. The molecule has 1 aliphatic rings. The molecule has 0 spiro atoms. The number of hydrogen-bond donors (Lipinski definition) is 3. The molecule has 0 bridgehead atoms. The number of benzene rings is 1. The third-order valence-electron chi connectivity index (χ3n) is 6.41. The van der Waals surface area contributed by atoms with Gasteiger partial charge in [-0.1, -0.05) is 6.07 Å². The summed E-state index contributed by atoms with van der Waals surface area (Å²) in [6.07, 6.45) is 7.35. The molecule has 1 aromatic carbocycles. The predicted molar refractivity (Wildman–Crippen MR) is 134 cm³/mol. The summed E-state index contributed by atoms with van der Waals surface area (Å²) in [5.41, 5.74) is 13.7. The van der Waals surface area contributed by atoms with Crippen molar-refractivity contribution in [2.24, 2.45) is 5.73 Å². The van der Waals surface area contributed by atoms with Crippen LogP contribution in [0, 0.1) is 6.92 Å². The van der Waals surface area contributed by atoms with E-state index in [1.807, 2.05) is 42.2 Å². The number of anilines is 1. The molecule has 7 rings (SSSR count). The van der Waals surface area contributed by atoms with Gasteiger partial charge in [-0.25, -0.2) is 15.0 Å². The Morgan fingerprint density at radius 2 is 1.94 bits per heavy atom. The van der Waals surface area contributed by atoms with E-state index in [9.17, 15) is 0 Å². The first-order valence-electron chi connectivity index (χ1n) is 11.4. The normalized spacial score (nSPS) is 14.2. The van der Waals surface area contributed by atoms with E-state index >= 15 is 0 Å². The highest BCUT2D eigenvalue weighted by Crippen LogP contribution is 2.32. The van der Waals surface area contributed by atoms with Crippen molar-refractivity contribution in [2.75, 3.05) is 18.0 Å². The van der Waals surface area contributed by atoms with E-state index in [-0.39, 0.29) is 6.04 Å². The van der Waals surface area contributed by atoms with Gasteiger partial charge in [-0.2, -0.15) is 5.10 Å². The second-order valence-corrected chi connectivity index (χ2v) is 8.94. The van der Waals surface area contributed by atoms with E-state index in [1.165, 1.54) is 0 Å². The van der Waals surface area contributed by atoms with Gasteiger partial charge in [0.1, 0.15) is 22.7 Å². The molecule has 1 fully saturated rings. The van der Waals surface area contributed by atoms with Gasteiger partial charge < -0.3 is 20.2 Å². The van der Waals surface area contributed by atoms with Crippen LogP contribution in [0.4, 0.5) is 5.82 Å². The molecule has 0 aliphatic carbocycles. The molecule has 35 heavy (non-hydrogen) atoms. The Bertz CT molecular complexity index is 1700. The molecule has 10 heteroatoms. The van der Waals surface area contributed by atoms with E-state index in [1.54, 1.807) is 12.4 Å². The van der Waals surface area contributed by atoms with E-state index in [4.69, 9.17) is 15.7 Å². The van der Waals surface area contributed by atoms with E-state index < -0.39 is 0 Å². The van der Waals surface area contributed by atoms with Crippen molar-refractivity contribution in [3.05, 3.63) is 67.0 Å². The highest BCUT2D eigenvalue weighted by Gasteiger charge is 2.25. The van der Waals surface area contributed by atoms with Crippen LogP contribution in [-0.2, 0) is 0 Å². The molecule has 10 nitrogen and oxygen atoms in total. The number of nitrogens with one attached hydrogen (secondary N) is 2. The monoisotopic (exact) mass is 462 g/mol. The van der Waals surface area contributed by atoms with Crippen LogP contribution in [0.5, 0.6) is 0 Å². The number of aromatic nitrogens is 8. The number of nitrogens with zero attached hydrogens (tertiary/aromatic N) is 7. The molecule has 0 radical (unpaired) electrons. The van der Waals surface area contributed by atoms with Crippen LogP contribution in [0.3, 0.4) is 0 Å². The lowest BCUT2D eigenvalue weighted by Gasteiger charge is -2.37. The second kappa shape index (κ2) is 7.47. The van der Waals surface area contributed by atoms with Crippen molar-refractivity contribution in [1.82, 2.24) is 39.7 Å². The van der Waals surface area contributed by atoms with Crippen LogP contribution >= 0.6 is 0 Å². The highest BCUT2D eigenvalue weighted by molar-refractivity contribution is 5.97. The number of aromatic amines is 2. The Morgan fingerprint density at radius 1 is 1.03 bits per heavy atom. The summed E-state index contributed by atoms with van der Waals surface area (Å²) in [4.78, 5) is 24.1. The van der Waals surface area contributed by atoms with Gasteiger partial charge in [-0.05, 0) is 37.3 Å². The van der Waals surface area contributed by atoms with Gasteiger partial charge in [-0.15, -0.1) is 0 Å². The van der Waals surface area contributed by atoms with Gasteiger partial charge in [0.15, 0.2) is 0 Å². The van der Waals surface area contributed by atoms with Crippen LogP contribution < -0.4 is 10.6 Å². The molecule has 0 unspecified atom stereocenters. The number of hydrogen-bond acceptors (Lipinski definition) is 7. The average molecular weight is 463 g/mol. The molecular formula is C25H22N10. The molecule has 0 amide bonds. The number of imidazole rings is 1. The maximum Gasteiger partial charge on any atom is 0.147 e. The largest absolute Gasteiger partial charge is 0.353 e. The maximum atomic E-state index is 5.93. The molecule has 6 aromatic rings. The molecular weight excluding hydrogens is 440 g/mol. The van der Waals surface area contributed by atoms with Crippen molar-refractivity contribution < 1.29 is 0 Å². The average Bonchev–Trinajstić information content (AvgIpc) is 3.59. The minimum atomic E-state index is 0.193. The Balaban J connectivity index is 1.31. The van der Waals surface area contributed by atoms with E-state index in [2.05, 4.69) is 48.2 Å². The van der Waals surface area contributed by atoms with E-state index in [0.717, 1.165) is 69.3 Å². The fourth-order valence-electron chi connectivity index (χ4n) is 4.61. The first kappa shape index (κ1) is 19.9. The SMILES string of the molecule is Cc1cn(-c2cccc3[nH]c(-c4n[nH]c5ccc(-c6cncc(N7CC(N)C7)n6)nc45)cc23)cn1. The minimum absolute atomic E-state index is 0.193. The third kappa shape index (κ3) is 3.26. The van der Waals surface area contributed by atoms with Gasteiger partial charge >= 0.3 is 0 Å². The molecule has 1 aliphatic heterocycles. The molecule has 1 saturated heterocycles. The van der Waals surface area contributed by atoms with E-state index in [0.29, 0.717) is 5.69 Å². The standard InChI is InChI=1S/C25H22N10/c1-14-10-35(13-28-14)22-4-2-3-17-16(22)7-20(29-17)25-24-19(32-33-25)6-5-18(31-24)21-8-27-9-23(30-21)34-11-15(26)12-34/h2-10,13,15,29H,11-12,26H2,1H3,(H,32,33). The fraction of sp³-hybridized carbons (Fsp3) is 0.160. The third-order valence-corrected chi connectivity index (χ3v) is 6.41. The number of H-pyrrole nitrogens is 2. The zero-order valence-corrected chi connectivity index (χ0v) is 19.0. The van der Waals surface area contributed by atoms with Crippen molar-refractivity contribution in [3.63, 3.8) is 0 Å². The summed E-state index contributed by atoms with van der Waals surface area (Å²) in [6.45, 7) is 3.56. The van der Waals surface area contributed by atoms with Gasteiger partial charge in [-0.3, -0.25) is 10.1 Å². The number of fused-ring (bicyclic) bond motifs is 2. The fourth-order valence-corrected chi connectivity index (χ4v) is 4.61. The Hall–Kier alpha value is -4.57. The maximum absolute atomic E-state index is 5.93. The first-order chi connectivity index (χ1) is 17.1. The lowest BCUT2D eigenvalue weighted by molar-refractivity contribution is 0.514. The quantitative estimate of drug-likeness (QED) is 0.367. The van der Waals surface area contributed by atoms with Crippen molar-refractivity contribution in [1.29, 1.82) is 0 Å². The summed E-state index contributed by atoms with van der Waals surface area (Å²) >= 11 is 0. The topological polar surface area (TPSA) is 130 Å². The van der Waals surface area contributed by atoms with Gasteiger partial charge in [0.25, 0.3) is 0 Å². The van der Waals surface area contributed by atoms with Crippen LogP contribution in [0.2, 0.25) is 0 Å². The number of aryl methyl sites for hydroxylation is 1. The minimum Gasteiger partial charge on any atom is -0.353 e. The van der Waals surface area contributed by atoms with Crippen LogP contribution in [0.25, 0.3) is 50.4 Å². The lowest BCUT2D eigenvalue weighted by Crippen LogP contribution is -2.56. The van der Waals surface area contributed by atoms with Crippen LogP contribution in [0.1, 0.15) is 5.69 Å². The Labute approximate surface area is 199 Å². The lowest BCUT2D eigenvalue weighted by atomic mass is 10.1. The van der Waals surface area contributed by atoms with Crippen molar-refractivity contribution >= 4 is 27.8 Å². The zero-order chi connectivity index (χ0) is 23.5. The smallest absolute Gasteiger partial charge is 0.147 e. The molecule has 172 valence electrons. The first-order valence-corrected chi connectivity index (χ1v) is 11.4. The second-order valence-electron chi connectivity index (χ2n) is 8.94. The number of nitrogens with two attached hydrogens (primary N) is 1. The van der Waals surface area contributed by atoms with Gasteiger partial charge in [0.2, 0.25) is 0 Å². The summed E-state index contributed by atoms with van der Waals surface area (Å²) < 4.78 is 2.03. The summed E-state index contributed by atoms with van der Waals surface area (Å²) in [5, 5.41) is 8.77. The van der Waals surface area contributed by atoms with Gasteiger partial charge in [0.05, 0.1) is 47.0 Å². The number of rotatable bonds is 4. The Kier molecular flexibility index (Phi) is 4.24. The molecule has 0 saturated carbocycles. The van der Waals surface area contributed by atoms with Gasteiger partial charge in [0, 0.05) is 36.2 Å². The van der Waals surface area contributed by atoms with Crippen molar-refractivity contribution in [3.8, 4) is 28.5 Å². The van der Waals surface area contributed by atoms with Crippen molar-refractivity contribution in [2.45, 2.75) is 13.0 Å². The number of pyridine rings is 1. The molecule has 5 aromatic heterocycles. The van der Waals surface area contributed by atoms with Crippen LogP contribution in [-0.4, -0.2) is 58.8 Å². The summed E-state index contributed by atoms with van der Waals surface area (Å²) in [7, 11) is 0. The summed E-state index contributed by atoms with van der Waals surface area (Å²) in [6, 6.07) is 12.4. The zero-order valence-electron chi connectivity index (χ0n) is 19.0.